The summed E-state index contributed by atoms with van der Waals surface area (Å²) < 4.78 is 41.6. The van der Waals surface area contributed by atoms with E-state index in [1.165, 1.54) is 18.3 Å². The maximum absolute atomic E-state index is 13.4. The van der Waals surface area contributed by atoms with Crippen molar-refractivity contribution in [1.82, 2.24) is 14.7 Å². The third-order valence-corrected chi connectivity index (χ3v) is 6.48. The molecule has 0 aliphatic carbocycles. The predicted molar refractivity (Wildman–Crippen MR) is 105 cm³/mol. The number of aromatic nitrogens is 2. The van der Waals surface area contributed by atoms with E-state index in [1.807, 2.05) is 4.90 Å². The molecule has 1 amide bonds. The molecule has 0 bridgehead atoms. The molecule has 2 unspecified atom stereocenters. The van der Waals surface area contributed by atoms with Gasteiger partial charge in [-0.2, -0.15) is 23.5 Å². The lowest BCUT2D eigenvalue weighted by atomic mass is 9.73. The number of halogens is 3. The Morgan fingerprint density at radius 3 is 2.77 bits per heavy atom. The van der Waals surface area contributed by atoms with Crippen molar-refractivity contribution in [3.63, 3.8) is 0 Å². The Morgan fingerprint density at radius 1 is 1.39 bits per heavy atom. The van der Waals surface area contributed by atoms with Crippen molar-refractivity contribution in [3.8, 4) is 6.07 Å². The van der Waals surface area contributed by atoms with Gasteiger partial charge in [0.25, 0.3) is 5.91 Å². The van der Waals surface area contributed by atoms with Crippen LogP contribution in [-0.4, -0.2) is 58.5 Å². The van der Waals surface area contributed by atoms with Gasteiger partial charge in [0, 0.05) is 56.4 Å². The van der Waals surface area contributed by atoms with Gasteiger partial charge in [0.05, 0.1) is 35.6 Å². The van der Waals surface area contributed by atoms with Crippen molar-refractivity contribution in [3.05, 3.63) is 47.3 Å². The Labute approximate surface area is 177 Å². The second-order valence-electron chi connectivity index (χ2n) is 8.34. The van der Waals surface area contributed by atoms with Crippen LogP contribution < -0.4 is 4.90 Å². The van der Waals surface area contributed by atoms with Crippen LogP contribution in [0.3, 0.4) is 0 Å². The summed E-state index contributed by atoms with van der Waals surface area (Å²) in [6.45, 7) is 1.59. The maximum atomic E-state index is 13.4. The zero-order valence-electron chi connectivity index (χ0n) is 16.9. The number of aryl methyl sites for hydroxylation is 1. The summed E-state index contributed by atoms with van der Waals surface area (Å²) in [7, 11) is 1.72. The van der Waals surface area contributed by atoms with E-state index in [1.54, 1.807) is 28.9 Å². The molecule has 2 saturated heterocycles. The highest BCUT2D eigenvalue weighted by Crippen LogP contribution is 2.44. The number of nitrogens with zero attached hydrogens (tertiary/aromatic N) is 5. The maximum Gasteiger partial charge on any atom is 0.417 e. The number of likely N-dealkylation sites (tertiary alicyclic amines) is 1. The van der Waals surface area contributed by atoms with Crippen molar-refractivity contribution >= 4 is 11.6 Å². The van der Waals surface area contributed by atoms with Crippen molar-refractivity contribution in [2.75, 3.05) is 37.7 Å². The molecule has 1 aromatic carbocycles. The number of alkyl halides is 3. The zero-order chi connectivity index (χ0) is 22.4. The Hall–Kier alpha value is -3.06. The Kier molecular flexibility index (Phi) is 5.17. The quantitative estimate of drug-likeness (QED) is 0.803. The first-order chi connectivity index (χ1) is 14.7. The molecule has 4 rings (SSSR count). The highest BCUT2D eigenvalue weighted by atomic mass is 19.4. The lowest BCUT2D eigenvalue weighted by molar-refractivity contribution is -0.137. The topological polar surface area (TPSA) is 85.4 Å². The summed E-state index contributed by atoms with van der Waals surface area (Å²) in [6.07, 6.45) is -0.937. The Morgan fingerprint density at radius 2 is 2.16 bits per heavy atom. The summed E-state index contributed by atoms with van der Waals surface area (Å²) in [6, 6.07) is 5.32. The second-order valence-corrected chi connectivity index (χ2v) is 8.34. The fraction of sp³-hybridized carbons (Fsp3) is 0.476. The molecular weight excluding hydrogens is 411 g/mol. The van der Waals surface area contributed by atoms with Gasteiger partial charge >= 0.3 is 6.18 Å². The molecule has 164 valence electrons. The van der Waals surface area contributed by atoms with E-state index in [0.717, 1.165) is 6.07 Å². The van der Waals surface area contributed by atoms with Gasteiger partial charge in [0.2, 0.25) is 0 Å². The van der Waals surface area contributed by atoms with Crippen LogP contribution >= 0.6 is 0 Å². The van der Waals surface area contributed by atoms with Gasteiger partial charge in [-0.15, -0.1) is 0 Å². The molecule has 0 radical (unpaired) electrons. The largest absolute Gasteiger partial charge is 0.417 e. The minimum atomic E-state index is -4.62. The normalized spacial score (nSPS) is 23.5. The van der Waals surface area contributed by atoms with Crippen LogP contribution in [0.5, 0.6) is 0 Å². The smallest absolute Gasteiger partial charge is 0.396 e. The molecule has 1 aromatic heterocycles. The van der Waals surface area contributed by atoms with E-state index >= 15 is 0 Å². The van der Waals surface area contributed by atoms with Crippen molar-refractivity contribution in [2.24, 2.45) is 18.4 Å². The number of hydrogen-bond donors (Lipinski definition) is 1. The van der Waals surface area contributed by atoms with Crippen LogP contribution in [0.2, 0.25) is 0 Å². The first-order valence-electron chi connectivity index (χ1n) is 9.92. The van der Waals surface area contributed by atoms with Crippen LogP contribution in [0.4, 0.5) is 18.9 Å². The lowest BCUT2D eigenvalue weighted by Crippen LogP contribution is -2.49. The number of carbonyl (C=O) groups excluding carboxylic acids is 1. The van der Waals surface area contributed by atoms with Gasteiger partial charge < -0.3 is 14.9 Å². The third kappa shape index (κ3) is 3.74. The number of anilines is 1. The molecule has 31 heavy (non-hydrogen) atoms. The molecule has 2 aromatic rings. The van der Waals surface area contributed by atoms with Crippen LogP contribution in [-0.2, 0) is 13.2 Å². The number of hydrogen-bond acceptors (Lipinski definition) is 5. The lowest BCUT2D eigenvalue weighted by Gasteiger charge is -2.43. The summed E-state index contributed by atoms with van der Waals surface area (Å²) in [4.78, 5) is 16.4. The number of piperidine rings is 1. The van der Waals surface area contributed by atoms with Crippen molar-refractivity contribution in [2.45, 2.75) is 12.6 Å². The van der Waals surface area contributed by atoms with Gasteiger partial charge in [-0.1, -0.05) is 0 Å². The number of amides is 1. The van der Waals surface area contributed by atoms with Crippen molar-refractivity contribution in [1.29, 1.82) is 5.26 Å². The van der Waals surface area contributed by atoms with Crippen LogP contribution in [0.25, 0.3) is 0 Å². The zero-order valence-corrected chi connectivity index (χ0v) is 16.9. The number of carbonyl (C=O) groups is 1. The van der Waals surface area contributed by atoms with E-state index in [0.29, 0.717) is 43.9 Å². The summed E-state index contributed by atoms with van der Waals surface area (Å²) >= 11 is 0. The molecule has 2 aliphatic heterocycles. The predicted octanol–water partition coefficient (Wildman–Crippen LogP) is 2.27. The molecule has 1 N–H and O–H groups in total. The van der Waals surface area contributed by atoms with E-state index in [-0.39, 0.29) is 18.4 Å². The van der Waals surface area contributed by atoms with E-state index in [4.69, 9.17) is 5.26 Å². The number of aliphatic hydroxyl groups excluding tert-OH is 1. The molecule has 2 atom stereocenters. The number of aliphatic hydroxyl groups is 1. The molecule has 0 spiro atoms. The minimum absolute atomic E-state index is 0.0862. The summed E-state index contributed by atoms with van der Waals surface area (Å²) in [5, 5.41) is 23.2. The molecule has 2 aliphatic rings. The monoisotopic (exact) mass is 433 g/mol. The molecule has 3 heterocycles. The highest BCUT2D eigenvalue weighted by molar-refractivity contribution is 5.94. The minimum Gasteiger partial charge on any atom is -0.396 e. The fourth-order valence-corrected chi connectivity index (χ4v) is 4.71. The molecule has 0 saturated carbocycles. The fourth-order valence-electron chi connectivity index (χ4n) is 4.71. The number of nitriles is 1. The van der Waals surface area contributed by atoms with Gasteiger partial charge in [0.15, 0.2) is 0 Å². The third-order valence-electron chi connectivity index (χ3n) is 6.48. The Bertz CT molecular complexity index is 1040. The average molecular weight is 433 g/mol. The average Bonchev–Trinajstić information content (AvgIpc) is 3.35. The van der Waals surface area contributed by atoms with Crippen LogP contribution in [0, 0.1) is 22.7 Å². The standard InChI is InChI=1S/C21H22F3N5O2/c1-27-9-15(8-26-27)19(31)29-11-16-10-28(5-4-20(16,12-29)13-30)17-3-2-14(7-25)18(6-17)21(22,23)24/h2-3,6,8-9,16,30H,4-5,10-13H2,1H3. The summed E-state index contributed by atoms with van der Waals surface area (Å²) in [5.74, 6) is -0.253. The number of fused-ring (bicyclic) bond motifs is 1. The van der Waals surface area contributed by atoms with E-state index in [9.17, 15) is 23.1 Å². The van der Waals surface area contributed by atoms with E-state index in [2.05, 4.69) is 5.10 Å². The van der Waals surface area contributed by atoms with Gasteiger partial charge in [-0.3, -0.25) is 9.48 Å². The van der Waals surface area contributed by atoms with Gasteiger partial charge in [-0.05, 0) is 24.6 Å². The molecule has 10 heteroatoms. The Balaban J connectivity index is 1.57. The highest BCUT2D eigenvalue weighted by Gasteiger charge is 2.50. The van der Waals surface area contributed by atoms with Crippen molar-refractivity contribution < 1.29 is 23.1 Å². The number of benzene rings is 1. The van der Waals surface area contributed by atoms with Crippen LogP contribution in [0.15, 0.2) is 30.6 Å². The molecule has 7 nitrogen and oxygen atoms in total. The second kappa shape index (κ2) is 7.57. The number of rotatable bonds is 3. The van der Waals surface area contributed by atoms with Gasteiger partial charge in [0.1, 0.15) is 0 Å². The first kappa shape index (κ1) is 21.2. The van der Waals surface area contributed by atoms with Gasteiger partial charge in [-0.25, -0.2) is 0 Å². The molecule has 2 fully saturated rings. The SMILES string of the molecule is Cn1cc(C(=O)N2CC3CN(c4ccc(C#N)c(C(F)(F)F)c4)CCC3(CO)C2)cn1. The summed E-state index contributed by atoms with van der Waals surface area (Å²) in [5.41, 5.74) is -0.991. The first-order valence-corrected chi connectivity index (χ1v) is 9.92. The van der Waals surface area contributed by atoms with Crippen LogP contribution in [0.1, 0.15) is 27.9 Å². The molecular formula is C21H22F3N5O2. The van der Waals surface area contributed by atoms with E-state index < -0.39 is 22.7 Å².